The lowest BCUT2D eigenvalue weighted by molar-refractivity contribution is -0.119. The third-order valence-electron chi connectivity index (χ3n) is 2.51. The molecule has 0 heterocycles. The van der Waals surface area contributed by atoms with Crippen molar-refractivity contribution in [3.8, 4) is 0 Å². The van der Waals surface area contributed by atoms with Crippen LogP contribution in [-0.4, -0.2) is 5.78 Å². The highest BCUT2D eigenvalue weighted by Gasteiger charge is 2.23. The molecule has 15 heavy (non-hydrogen) atoms. The Kier molecular flexibility index (Phi) is 3.67. The van der Waals surface area contributed by atoms with E-state index < -0.39 is 0 Å². The quantitative estimate of drug-likeness (QED) is 0.732. The second-order valence-corrected chi connectivity index (χ2v) is 5.34. The second-order valence-electron chi connectivity index (χ2n) is 5.34. The summed E-state index contributed by atoms with van der Waals surface area (Å²) in [5, 5.41) is 0. The van der Waals surface area contributed by atoms with Crippen LogP contribution in [0.5, 0.6) is 0 Å². The highest BCUT2D eigenvalue weighted by Crippen LogP contribution is 2.31. The number of carbonyl (C=O) groups excluding carboxylic acids is 1. The topological polar surface area (TPSA) is 17.1 Å². The molecule has 82 valence electrons. The zero-order valence-electron chi connectivity index (χ0n) is 10.1. The third-order valence-corrected chi connectivity index (χ3v) is 2.51. The number of rotatable bonds is 3. The Morgan fingerprint density at radius 1 is 1.20 bits per heavy atom. The Hall–Kier alpha value is -1.11. The van der Waals surface area contributed by atoms with Crippen molar-refractivity contribution in [3.05, 3.63) is 35.9 Å². The number of carbonyl (C=O) groups is 1. The van der Waals surface area contributed by atoms with Crippen molar-refractivity contribution < 1.29 is 4.79 Å². The van der Waals surface area contributed by atoms with E-state index in [0.717, 1.165) is 12.0 Å². The van der Waals surface area contributed by atoms with Crippen molar-refractivity contribution in [1.29, 1.82) is 0 Å². The van der Waals surface area contributed by atoms with Crippen molar-refractivity contribution in [3.63, 3.8) is 0 Å². The summed E-state index contributed by atoms with van der Waals surface area (Å²) in [6.45, 7) is 8.20. The summed E-state index contributed by atoms with van der Waals surface area (Å²) < 4.78 is 0. The maximum Gasteiger partial charge on any atom is 0.137 e. The number of hydrogen-bond acceptors (Lipinski definition) is 1. The number of Topliss-reactive ketones (excluding diaryl/α,β-unsaturated/α-hetero) is 1. The molecule has 0 amide bonds. The minimum atomic E-state index is 0.0474. The monoisotopic (exact) mass is 204 g/mol. The van der Waals surface area contributed by atoms with Crippen LogP contribution < -0.4 is 0 Å². The van der Waals surface area contributed by atoms with Gasteiger partial charge in [-0.15, -0.1) is 0 Å². The predicted octanol–water partition coefficient (Wildman–Crippen LogP) is 3.80. The van der Waals surface area contributed by atoms with Crippen LogP contribution in [0.4, 0.5) is 0 Å². The average molecular weight is 204 g/mol. The largest absolute Gasteiger partial charge is 0.299 e. The molecule has 0 aliphatic heterocycles. The molecule has 0 aliphatic rings. The number of benzene rings is 1. The SMILES string of the molecule is CC(=O)[C@H](CC(C)(C)C)c1ccccc1. The lowest BCUT2D eigenvalue weighted by Crippen LogP contribution is -2.17. The lowest BCUT2D eigenvalue weighted by atomic mass is 9.80. The Balaban J connectivity index is 2.90. The van der Waals surface area contributed by atoms with Crippen molar-refractivity contribution in [2.75, 3.05) is 0 Å². The van der Waals surface area contributed by atoms with Crippen LogP contribution in [-0.2, 0) is 4.79 Å². The fourth-order valence-corrected chi connectivity index (χ4v) is 1.79. The summed E-state index contributed by atoms with van der Waals surface area (Å²) in [6, 6.07) is 10.1. The van der Waals surface area contributed by atoms with Gasteiger partial charge in [0.2, 0.25) is 0 Å². The van der Waals surface area contributed by atoms with Gasteiger partial charge in [-0.1, -0.05) is 51.1 Å². The average Bonchev–Trinajstić information content (AvgIpc) is 2.14. The van der Waals surface area contributed by atoms with Crippen LogP contribution in [0.3, 0.4) is 0 Å². The van der Waals surface area contributed by atoms with Gasteiger partial charge in [-0.3, -0.25) is 4.79 Å². The van der Waals surface area contributed by atoms with Crippen LogP contribution in [0.1, 0.15) is 45.6 Å². The summed E-state index contributed by atoms with van der Waals surface area (Å²) in [5.41, 5.74) is 1.33. The number of hydrogen-bond donors (Lipinski definition) is 0. The molecule has 1 nitrogen and oxygen atoms in total. The van der Waals surface area contributed by atoms with E-state index in [4.69, 9.17) is 0 Å². The highest BCUT2D eigenvalue weighted by molar-refractivity contribution is 5.83. The predicted molar refractivity (Wildman–Crippen MR) is 63.9 cm³/mol. The molecule has 1 rings (SSSR count). The van der Waals surface area contributed by atoms with Gasteiger partial charge in [0.15, 0.2) is 0 Å². The Labute approximate surface area is 92.5 Å². The molecule has 0 spiro atoms. The maximum absolute atomic E-state index is 11.6. The van der Waals surface area contributed by atoms with E-state index in [9.17, 15) is 4.79 Å². The molecule has 1 aromatic rings. The van der Waals surface area contributed by atoms with Gasteiger partial charge in [0.25, 0.3) is 0 Å². The van der Waals surface area contributed by atoms with Crippen LogP contribution >= 0.6 is 0 Å². The molecule has 1 aromatic carbocycles. The molecule has 0 fully saturated rings. The zero-order chi connectivity index (χ0) is 11.5. The van der Waals surface area contributed by atoms with Crippen LogP contribution in [0.15, 0.2) is 30.3 Å². The third kappa shape index (κ3) is 3.86. The van der Waals surface area contributed by atoms with E-state index in [0.29, 0.717) is 0 Å². The van der Waals surface area contributed by atoms with Crippen molar-refractivity contribution in [1.82, 2.24) is 0 Å². The van der Waals surface area contributed by atoms with E-state index in [1.807, 2.05) is 30.3 Å². The Morgan fingerprint density at radius 2 is 1.73 bits per heavy atom. The van der Waals surface area contributed by atoms with Crippen LogP contribution in [0.25, 0.3) is 0 Å². The number of ketones is 1. The van der Waals surface area contributed by atoms with E-state index in [1.54, 1.807) is 6.92 Å². The summed E-state index contributed by atoms with van der Waals surface area (Å²) in [6.07, 6.45) is 0.909. The molecule has 1 atom stereocenters. The Morgan fingerprint density at radius 3 is 2.13 bits per heavy atom. The minimum Gasteiger partial charge on any atom is -0.299 e. The summed E-state index contributed by atoms with van der Waals surface area (Å²) >= 11 is 0. The molecule has 0 N–H and O–H groups in total. The fourth-order valence-electron chi connectivity index (χ4n) is 1.79. The lowest BCUT2D eigenvalue weighted by Gasteiger charge is -2.24. The van der Waals surface area contributed by atoms with Gasteiger partial charge >= 0.3 is 0 Å². The zero-order valence-corrected chi connectivity index (χ0v) is 10.1. The van der Waals surface area contributed by atoms with E-state index in [1.165, 1.54) is 0 Å². The minimum absolute atomic E-state index is 0.0474. The Bertz CT molecular complexity index is 319. The van der Waals surface area contributed by atoms with Gasteiger partial charge in [-0.25, -0.2) is 0 Å². The standard InChI is InChI=1S/C14H20O/c1-11(15)13(10-14(2,3)4)12-8-6-5-7-9-12/h5-9,13H,10H2,1-4H3/t13-/m0/s1. The van der Waals surface area contributed by atoms with E-state index >= 15 is 0 Å². The van der Waals surface area contributed by atoms with Crippen molar-refractivity contribution in [2.24, 2.45) is 5.41 Å². The molecule has 0 saturated heterocycles. The first-order valence-electron chi connectivity index (χ1n) is 5.45. The summed E-state index contributed by atoms with van der Waals surface area (Å²) in [5.74, 6) is 0.308. The van der Waals surface area contributed by atoms with Crippen LogP contribution in [0, 0.1) is 5.41 Å². The molecule has 0 saturated carbocycles. The molecular formula is C14H20O. The smallest absolute Gasteiger partial charge is 0.137 e. The van der Waals surface area contributed by atoms with Gasteiger partial charge in [-0.05, 0) is 24.3 Å². The van der Waals surface area contributed by atoms with Gasteiger partial charge in [0.05, 0.1) is 0 Å². The summed E-state index contributed by atoms with van der Waals surface area (Å²) in [7, 11) is 0. The maximum atomic E-state index is 11.6. The molecule has 0 aliphatic carbocycles. The van der Waals surface area contributed by atoms with E-state index in [-0.39, 0.29) is 17.1 Å². The van der Waals surface area contributed by atoms with Crippen molar-refractivity contribution in [2.45, 2.75) is 40.0 Å². The first-order valence-corrected chi connectivity index (χ1v) is 5.45. The summed E-state index contributed by atoms with van der Waals surface area (Å²) in [4.78, 5) is 11.6. The van der Waals surface area contributed by atoms with Crippen molar-refractivity contribution >= 4 is 5.78 Å². The second kappa shape index (κ2) is 4.61. The molecule has 0 unspecified atom stereocenters. The van der Waals surface area contributed by atoms with E-state index in [2.05, 4.69) is 20.8 Å². The van der Waals surface area contributed by atoms with Gasteiger partial charge < -0.3 is 0 Å². The molecular weight excluding hydrogens is 184 g/mol. The highest BCUT2D eigenvalue weighted by atomic mass is 16.1. The van der Waals surface area contributed by atoms with Gasteiger partial charge in [0.1, 0.15) is 5.78 Å². The molecule has 0 bridgehead atoms. The van der Waals surface area contributed by atoms with Crippen LogP contribution in [0.2, 0.25) is 0 Å². The fraction of sp³-hybridized carbons (Fsp3) is 0.500. The van der Waals surface area contributed by atoms with Gasteiger partial charge in [0, 0.05) is 5.92 Å². The normalized spacial score (nSPS) is 13.6. The molecule has 0 radical (unpaired) electrons. The molecule has 0 aromatic heterocycles. The van der Waals surface area contributed by atoms with Gasteiger partial charge in [-0.2, -0.15) is 0 Å². The first kappa shape index (κ1) is 12.0. The molecule has 1 heteroatoms. The first-order chi connectivity index (χ1) is 6.90.